The topological polar surface area (TPSA) is 69.7 Å². The summed E-state index contributed by atoms with van der Waals surface area (Å²) in [6.45, 7) is 2.72. The molecule has 0 unspecified atom stereocenters. The highest BCUT2D eigenvalue weighted by atomic mass is 35.5. The molecule has 0 radical (unpaired) electrons. The molecular formula is C26H28ClN3O3S. The Morgan fingerprint density at radius 3 is 2.38 bits per heavy atom. The maximum atomic E-state index is 12.8. The average Bonchev–Trinajstić information content (AvgIpc) is 3.25. The number of hydrogen-bond acceptors (Lipinski definition) is 4. The van der Waals surface area contributed by atoms with E-state index in [-0.39, 0.29) is 18.5 Å². The molecule has 4 rings (SSSR count). The van der Waals surface area contributed by atoms with Crippen LogP contribution in [0.2, 0.25) is 5.02 Å². The van der Waals surface area contributed by atoms with Crippen molar-refractivity contribution >= 4 is 33.2 Å². The monoisotopic (exact) mass is 497 g/mol. The summed E-state index contributed by atoms with van der Waals surface area (Å²) in [6, 6.07) is 24.2. The first-order valence-corrected chi connectivity index (χ1v) is 13.4. The zero-order chi connectivity index (χ0) is 24.1. The first-order chi connectivity index (χ1) is 16.3. The van der Waals surface area contributed by atoms with Crippen LogP contribution in [0.1, 0.15) is 27.9 Å². The first-order valence-electron chi connectivity index (χ1n) is 11.2. The van der Waals surface area contributed by atoms with Crippen LogP contribution in [-0.4, -0.2) is 44.6 Å². The molecule has 0 saturated carbocycles. The quantitative estimate of drug-likeness (QED) is 0.503. The molecule has 8 heteroatoms. The number of carbonyl (C=O) groups is 1. The van der Waals surface area contributed by atoms with Crippen LogP contribution in [-0.2, 0) is 23.1 Å². The van der Waals surface area contributed by atoms with Gasteiger partial charge in [0.1, 0.15) is 0 Å². The summed E-state index contributed by atoms with van der Waals surface area (Å²) in [5.74, 6) is -0.157. The standard InChI is InChI=1S/C26H28ClN3O3S/c1-34(32,33)30(18-22-9-5-6-10-25(22)27)24-13-11-21(12-14-24)26(31)28-23-15-16-29(19-23)17-20-7-3-2-4-8-20/h2-14,23H,15-19H2,1H3,(H,28,31)/t23-/m0/s1. The second-order valence-electron chi connectivity index (χ2n) is 8.59. The van der Waals surface area contributed by atoms with Gasteiger partial charge in [0.15, 0.2) is 0 Å². The summed E-state index contributed by atoms with van der Waals surface area (Å²) in [4.78, 5) is 15.1. The molecule has 1 N–H and O–H groups in total. The molecule has 1 amide bonds. The molecule has 1 saturated heterocycles. The van der Waals surface area contributed by atoms with Gasteiger partial charge in [-0.1, -0.05) is 60.1 Å². The van der Waals surface area contributed by atoms with Gasteiger partial charge in [0.2, 0.25) is 10.0 Å². The Balaban J connectivity index is 1.39. The predicted molar refractivity (Wildman–Crippen MR) is 137 cm³/mol. The lowest BCUT2D eigenvalue weighted by molar-refractivity contribution is 0.0937. The van der Waals surface area contributed by atoms with E-state index in [1.807, 2.05) is 24.3 Å². The summed E-state index contributed by atoms with van der Waals surface area (Å²) in [6.07, 6.45) is 2.06. The van der Waals surface area contributed by atoms with Gasteiger partial charge in [0, 0.05) is 36.3 Å². The van der Waals surface area contributed by atoms with Crippen molar-refractivity contribution in [2.75, 3.05) is 23.7 Å². The summed E-state index contributed by atoms with van der Waals surface area (Å²) in [5, 5.41) is 3.61. The van der Waals surface area contributed by atoms with E-state index in [1.165, 1.54) is 9.87 Å². The Bertz CT molecular complexity index is 1230. The summed E-state index contributed by atoms with van der Waals surface area (Å²) in [5.41, 5.74) is 2.94. The number of amides is 1. The van der Waals surface area contributed by atoms with E-state index in [0.29, 0.717) is 21.8 Å². The fourth-order valence-corrected chi connectivity index (χ4v) is 5.24. The number of halogens is 1. The molecule has 3 aromatic rings. The van der Waals surface area contributed by atoms with Crippen LogP contribution in [0.4, 0.5) is 5.69 Å². The van der Waals surface area contributed by atoms with Crippen molar-refractivity contribution in [3.63, 3.8) is 0 Å². The normalized spacial score (nSPS) is 16.4. The highest BCUT2D eigenvalue weighted by molar-refractivity contribution is 7.92. The molecule has 0 aliphatic carbocycles. The molecule has 34 heavy (non-hydrogen) atoms. The van der Waals surface area contributed by atoms with E-state index < -0.39 is 10.0 Å². The molecule has 3 aromatic carbocycles. The van der Waals surface area contributed by atoms with Crippen LogP contribution in [0.3, 0.4) is 0 Å². The Morgan fingerprint density at radius 1 is 1.03 bits per heavy atom. The molecule has 1 aliphatic rings. The molecule has 0 spiro atoms. The Kier molecular flexibility index (Phi) is 7.56. The van der Waals surface area contributed by atoms with E-state index in [9.17, 15) is 13.2 Å². The molecule has 1 atom stereocenters. The molecule has 178 valence electrons. The van der Waals surface area contributed by atoms with Crippen molar-refractivity contribution in [2.24, 2.45) is 0 Å². The van der Waals surface area contributed by atoms with Gasteiger partial charge in [-0.2, -0.15) is 0 Å². The third-order valence-electron chi connectivity index (χ3n) is 5.95. The fourth-order valence-electron chi connectivity index (χ4n) is 4.16. The third-order valence-corrected chi connectivity index (χ3v) is 7.46. The van der Waals surface area contributed by atoms with Crippen LogP contribution in [0.25, 0.3) is 0 Å². The fraction of sp³-hybridized carbons (Fsp3) is 0.269. The van der Waals surface area contributed by atoms with Gasteiger partial charge in [0.25, 0.3) is 5.91 Å². The van der Waals surface area contributed by atoms with Crippen molar-refractivity contribution in [3.05, 3.63) is 101 Å². The zero-order valence-corrected chi connectivity index (χ0v) is 20.6. The van der Waals surface area contributed by atoms with Crippen molar-refractivity contribution in [1.29, 1.82) is 0 Å². The van der Waals surface area contributed by atoms with E-state index in [4.69, 9.17) is 11.6 Å². The Labute approximate surface area is 206 Å². The zero-order valence-electron chi connectivity index (χ0n) is 19.0. The van der Waals surface area contributed by atoms with Crippen molar-refractivity contribution in [1.82, 2.24) is 10.2 Å². The van der Waals surface area contributed by atoms with Gasteiger partial charge in [-0.25, -0.2) is 8.42 Å². The number of benzene rings is 3. The van der Waals surface area contributed by atoms with Gasteiger partial charge in [-0.15, -0.1) is 0 Å². The smallest absolute Gasteiger partial charge is 0.251 e. The van der Waals surface area contributed by atoms with Crippen LogP contribution in [0.15, 0.2) is 78.9 Å². The maximum Gasteiger partial charge on any atom is 0.251 e. The summed E-state index contributed by atoms with van der Waals surface area (Å²) >= 11 is 6.23. The van der Waals surface area contributed by atoms with Gasteiger partial charge >= 0.3 is 0 Å². The number of hydrogen-bond donors (Lipinski definition) is 1. The Hall–Kier alpha value is -2.87. The highest BCUT2D eigenvalue weighted by Crippen LogP contribution is 2.24. The van der Waals surface area contributed by atoms with Crippen LogP contribution in [0, 0.1) is 0 Å². The first kappa shape index (κ1) is 24.3. The SMILES string of the molecule is CS(=O)(=O)N(Cc1ccccc1Cl)c1ccc(C(=O)N[C@H]2CCN(Cc3ccccc3)C2)cc1. The van der Waals surface area contributed by atoms with E-state index in [0.717, 1.165) is 32.3 Å². The number of rotatable bonds is 8. The predicted octanol–water partition coefficient (Wildman–Crippen LogP) is 4.31. The van der Waals surface area contributed by atoms with Gasteiger partial charge < -0.3 is 5.32 Å². The minimum absolute atomic E-state index is 0.0867. The minimum atomic E-state index is -3.55. The van der Waals surface area contributed by atoms with E-state index in [2.05, 4.69) is 22.3 Å². The maximum absolute atomic E-state index is 12.8. The molecule has 1 heterocycles. The lowest BCUT2D eigenvalue weighted by Gasteiger charge is -2.23. The largest absolute Gasteiger partial charge is 0.348 e. The molecule has 1 fully saturated rings. The van der Waals surface area contributed by atoms with Gasteiger partial charge in [-0.05, 0) is 47.9 Å². The van der Waals surface area contributed by atoms with Crippen molar-refractivity contribution in [3.8, 4) is 0 Å². The number of nitrogens with one attached hydrogen (secondary N) is 1. The molecule has 0 aromatic heterocycles. The lowest BCUT2D eigenvalue weighted by atomic mass is 10.1. The van der Waals surface area contributed by atoms with Crippen molar-refractivity contribution < 1.29 is 13.2 Å². The number of nitrogens with zero attached hydrogens (tertiary/aromatic N) is 2. The lowest BCUT2D eigenvalue weighted by Crippen LogP contribution is -2.37. The minimum Gasteiger partial charge on any atom is -0.348 e. The van der Waals surface area contributed by atoms with Crippen molar-refractivity contribution in [2.45, 2.75) is 25.6 Å². The highest BCUT2D eigenvalue weighted by Gasteiger charge is 2.25. The summed E-state index contributed by atoms with van der Waals surface area (Å²) in [7, 11) is -3.55. The second kappa shape index (κ2) is 10.6. The number of carbonyl (C=O) groups excluding carboxylic acids is 1. The van der Waals surface area contributed by atoms with E-state index >= 15 is 0 Å². The number of anilines is 1. The van der Waals surface area contributed by atoms with Gasteiger partial charge in [-0.3, -0.25) is 14.0 Å². The average molecular weight is 498 g/mol. The molecular weight excluding hydrogens is 470 g/mol. The molecule has 0 bridgehead atoms. The third kappa shape index (κ3) is 6.17. The summed E-state index contributed by atoms with van der Waals surface area (Å²) < 4.78 is 26.2. The second-order valence-corrected chi connectivity index (χ2v) is 10.9. The number of likely N-dealkylation sites (tertiary alicyclic amines) is 1. The van der Waals surface area contributed by atoms with Crippen LogP contribution in [0.5, 0.6) is 0 Å². The molecule has 6 nitrogen and oxygen atoms in total. The number of sulfonamides is 1. The Morgan fingerprint density at radius 2 is 1.71 bits per heavy atom. The van der Waals surface area contributed by atoms with Gasteiger partial charge in [0.05, 0.1) is 18.5 Å². The van der Waals surface area contributed by atoms with Crippen LogP contribution >= 0.6 is 11.6 Å². The molecule has 1 aliphatic heterocycles. The van der Waals surface area contributed by atoms with Crippen LogP contribution < -0.4 is 9.62 Å². The van der Waals surface area contributed by atoms with E-state index in [1.54, 1.807) is 42.5 Å².